The Morgan fingerprint density at radius 1 is 0.500 bits per heavy atom. The second kappa shape index (κ2) is 12.4. The molecule has 4 heteroatoms. The maximum atomic E-state index is 10.3. The molecular weight excluding hydrogens is 544 g/mol. The van der Waals surface area contributed by atoms with E-state index in [1.807, 2.05) is 0 Å². The smallest absolute Gasteiger partial charge is 0.121 e. The Balaban J connectivity index is 1.25. The zero-order valence-electron chi connectivity index (χ0n) is 28.8. The molecule has 4 aliphatic rings. The molecule has 240 valence electrons. The van der Waals surface area contributed by atoms with Crippen molar-refractivity contribution in [3.63, 3.8) is 0 Å². The first-order chi connectivity index (χ1) is 20.4. The van der Waals surface area contributed by atoms with Crippen LogP contribution < -0.4 is 0 Å². The van der Waals surface area contributed by atoms with E-state index in [4.69, 9.17) is 9.47 Å². The molecule has 2 heterocycles. The monoisotopic (exact) mass is 600 g/mol. The van der Waals surface area contributed by atoms with Crippen molar-refractivity contribution in [3.8, 4) is 0 Å². The van der Waals surface area contributed by atoms with Crippen molar-refractivity contribution < 1.29 is 19.7 Å². The Bertz CT molecular complexity index is 1270. The predicted molar refractivity (Wildman–Crippen MR) is 183 cm³/mol. The van der Waals surface area contributed by atoms with Gasteiger partial charge in [0, 0.05) is 23.7 Å². The first-order valence-corrected chi connectivity index (χ1v) is 16.3. The first kappa shape index (κ1) is 34.4. The number of rotatable bonds is 10. The summed E-state index contributed by atoms with van der Waals surface area (Å²) in [7, 11) is 0. The van der Waals surface area contributed by atoms with Crippen LogP contribution >= 0.6 is 0 Å². The van der Waals surface area contributed by atoms with Crippen LogP contribution in [0.5, 0.6) is 0 Å². The average molecular weight is 601 g/mol. The molecule has 0 aromatic carbocycles. The topological polar surface area (TPSA) is 65.5 Å². The zero-order valence-corrected chi connectivity index (χ0v) is 28.8. The third-order valence-electron chi connectivity index (χ3n) is 10.4. The summed E-state index contributed by atoms with van der Waals surface area (Å²) >= 11 is 0. The van der Waals surface area contributed by atoms with E-state index >= 15 is 0 Å². The lowest BCUT2D eigenvalue weighted by Crippen LogP contribution is -2.46. The fourth-order valence-electron chi connectivity index (χ4n) is 7.99. The van der Waals surface area contributed by atoms with Gasteiger partial charge in [0.25, 0.3) is 0 Å². The van der Waals surface area contributed by atoms with Crippen LogP contribution in [0.4, 0.5) is 0 Å². The summed E-state index contributed by atoms with van der Waals surface area (Å²) < 4.78 is 12.5. The van der Waals surface area contributed by atoms with Crippen LogP contribution in [0, 0.1) is 10.8 Å². The third kappa shape index (κ3) is 6.84. The summed E-state index contributed by atoms with van der Waals surface area (Å²) in [5, 5.41) is 20.5. The van der Waals surface area contributed by atoms with E-state index in [0.29, 0.717) is 12.8 Å². The Hall–Kier alpha value is -2.50. The molecule has 4 nitrogen and oxygen atoms in total. The zero-order chi connectivity index (χ0) is 32.6. The number of aliphatic hydroxyl groups is 2. The SMILES string of the molecule is CC(=C/C=C/C(C)=C/C=C/C=C(C)/C=C/C=C(C)/C=C/[C@@]12O[C@]1(C)C[C@@H](O)CC2(C)C)/C=C/[C@]12O[C@@]1(C)C[C@@H](O)CC2(C)C. The minimum atomic E-state index is -0.294. The number of hydrogen-bond acceptors (Lipinski definition) is 4. The van der Waals surface area contributed by atoms with Gasteiger partial charge in [-0.15, -0.1) is 0 Å². The molecule has 0 spiro atoms. The van der Waals surface area contributed by atoms with Gasteiger partial charge >= 0.3 is 0 Å². The van der Waals surface area contributed by atoms with Gasteiger partial charge in [-0.2, -0.15) is 0 Å². The summed E-state index contributed by atoms with van der Waals surface area (Å²) in [5.74, 6) is 0. The van der Waals surface area contributed by atoms with Gasteiger partial charge in [0.05, 0.1) is 12.2 Å². The second-order valence-electron chi connectivity index (χ2n) is 15.4. The molecule has 2 aliphatic heterocycles. The number of ether oxygens (including phenoxy) is 2. The summed E-state index contributed by atoms with van der Waals surface area (Å²) in [6.07, 6.45) is 32.0. The Kier molecular flexibility index (Phi) is 9.66. The summed E-state index contributed by atoms with van der Waals surface area (Å²) in [6, 6.07) is 0. The van der Waals surface area contributed by atoms with Crippen molar-refractivity contribution >= 4 is 0 Å². The molecule has 2 N–H and O–H groups in total. The van der Waals surface area contributed by atoms with Gasteiger partial charge in [-0.3, -0.25) is 0 Å². The van der Waals surface area contributed by atoms with E-state index in [-0.39, 0.29) is 45.4 Å². The highest BCUT2D eigenvalue weighted by atomic mass is 16.6. The molecule has 6 atom stereocenters. The van der Waals surface area contributed by atoms with Crippen LogP contribution in [-0.2, 0) is 9.47 Å². The van der Waals surface area contributed by atoms with Crippen molar-refractivity contribution in [2.45, 2.75) is 130 Å². The van der Waals surface area contributed by atoms with Crippen LogP contribution in [0.15, 0.2) is 107 Å². The molecule has 0 bridgehead atoms. The van der Waals surface area contributed by atoms with Crippen LogP contribution in [-0.4, -0.2) is 44.8 Å². The molecule has 2 aliphatic carbocycles. The molecule has 2 saturated heterocycles. The van der Waals surface area contributed by atoms with Crippen molar-refractivity contribution in [2.75, 3.05) is 0 Å². The molecule has 0 aromatic rings. The van der Waals surface area contributed by atoms with Crippen molar-refractivity contribution in [1.29, 1.82) is 0 Å². The van der Waals surface area contributed by atoms with Crippen molar-refractivity contribution in [1.82, 2.24) is 0 Å². The Morgan fingerprint density at radius 3 is 1.16 bits per heavy atom. The quantitative estimate of drug-likeness (QED) is 0.194. The molecule has 0 aromatic heterocycles. The maximum absolute atomic E-state index is 10.3. The van der Waals surface area contributed by atoms with E-state index in [0.717, 1.165) is 12.8 Å². The van der Waals surface area contributed by atoms with E-state index in [2.05, 4.69) is 154 Å². The Labute approximate surface area is 267 Å². The van der Waals surface area contributed by atoms with Gasteiger partial charge < -0.3 is 19.7 Å². The highest BCUT2D eigenvalue weighted by molar-refractivity contribution is 5.38. The van der Waals surface area contributed by atoms with E-state index < -0.39 is 0 Å². The van der Waals surface area contributed by atoms with Crippen molar-refractivity contribution in [2.24, 2.45) is 10.8 Å². The predicted octanol–water partition coefficient (Wildman–Crippen LogP) is 8.97. The largest absolute Gasteiger partial charge is 0.393 e. The minimum absolute atomic E-state index is 0.0969. The average Bonchev–Trinajstić information content (AvgIpc) is 3.73. The number of epoxide rings is 2. The summed E-state index contributed by atoms with van der Waals surface area (Å²) in [6.45, 7) is 21.4. The molecule has 0 radical (unpaired) electrons. The molecule has 4 rings (SSSR count). The number of fused-ring (bicyclic) bond motifs is 2. The second-order valence-corrected chi connectivity index (χ2v) is 15.4. The van der Waals surface area contributed by atoms with E-state index in [1.54, 1.807) is 0 Å². The van der Waals surface area contributed by atoms with E-state index in [1.165, 1.54) is 22.3 Å². The lowest BCUT2D eigenvalue weighted by Gasteiger charge is -2.39. The molecule has 44 heavy (non-hydrogen) atoms. The maximum Gasteiger partial charge on any atom is 0.121 e. The third-order valence-corrected chi connectivity index (χ3v) is 10.4. The van der Waals surface area contributed by atoms with Crippen LogP contribution in [0.3, 0.4) is 0 Å². The lowest BCUT2D eigenvalue weighted by atomic mass is 9.63. The van der Waals surface area contributed by atoms with E-state index in [9.17, 15) is 10.2 Å². The molecular formula is C40H56O4. The molecule has 2 saturated carbocycles. The Morgan fingerprint density at radius 2 is 0.818 bits per heavy atom. The number of aliphatic hydroxyl groups excluding tert-OH is 2. The van der Waals surface area contributed by atoms with Gasteiger partial charge in [0.2, 0.25) is 0 Å². The van der Waals surface area contributed by atoms with Gasteiger partial charge in [0.1, 0.15) is 22.4 Å². The van der Waals surface area contributed by atoms with Crippen LogP contribution in [0.1, 0.15) is 94.9 Å². The molecule has 0 unspecified atom stereocenters. The van der Waals surface area contributed by atoms with Gasteiger partial charge in [-0.05, 0) is 66.5 Å². The standard InChI is InChI=1S/C40H56O4/c1-29(17-13-19-31(3)21-23-39-35(5,6)25-33(41)27-37(39,9)43-39)15-11-12-16-30(2)18-14-20-32(4)22-24-40-36(7,8)26-34(42)28-38(40,10)44-40/h11-24,33-34,41-42H,25-28H2,1-10H3/b12-11+,17-13+,18-14+,23-21+,24-22+,29-15+,30-16+,31-19-,32-20+/t33-,34-,37-,38+,39+,40-/m0/s1. The number of allylic oxidation sites excluding steroid dienone is 16. The molecule has 4 fully saturated rings. The van der Waals surface area contributed by atoms with Crippen molar-refractivity contribution in [3.05, 3.63) is 107 Å². The highest BCUT2D eigenvalue weighted by Crippen LogP contribution is 2.67. The lowest BCUT2D eigenvalue weighted by molar-refractivity contribution is 0.0510. The summed E-state index contributed by atoms with van der Waals surface area (Å²) in [5.41, 5.74) is 3.36. The van der Waals surface area contributed by atoms with Gasteiger partial charge in [-0.25, -0.2) is 0 Å². The van der Waals surface area contributed by atoms with Crippen LogP contribution in [0.25, 0.3) is 0 Å². The van der Waals surface area contributed by atoms with Gasteiger partial charge in [0.15, 0.2) is 0 Å². The number of hydrogen-bond donors (Lipinski definition) is 2. The van der Waals surface area contributed by atoms with Gasteiger partial charge in [-0.1, -0.05) is 123 Å². The fourth-order valence-corrected chi connectivity index (χ4v) is 7.99. The fraction of sp³-hybridized carbons (Fsp3) is 0.550. The summed E-state index contributed by atoms with van der Waals surface area (Å²) in [4.78, 5) is 0. The van der Waals surface area contributed by atoms with Crippen LogP contribution in [0.2, 0.25) is 0 Å². The normalized spacial score (nSPS) is 39.2. The highest BCUT2D eigenvalue weighted by Gasteiger charge is 2.75. The first-order valence-electron chi connectivity index (χ1n) is 16.3. The minimum Gasteiger partial charge on any atom is -0.393 e. The molecule has 0 amide bonds.